The Morgan fingerprint density at radius 2 is 1.81 bits per heavy atom. The lowest BCUT2D eigenvalue weighted by Crippen LogP contribution is -2.24. The summed E-state index contributed by atoms with van der Waals surface area (Å²) in [5.41, 5.74) is 6.02. The molecule has 0 atom stereocenters. The van der Waals surface area contributed by atoms with E-state index in [9.17, 15) is 22.2 Å². The highest BCUT2D eigenvalue weighted by atomic mass is 35.5. The number of aromatic nitrogens is 4. The largest absolute Gasteiger partial charge is 0.460 e. The lowest BCUT2D eigenvalue weighted by Gasteiger charge is -2.17. The van der Waals surface area contributed by atoms with Gasteiger partial charge in [-0.1, -0.05) is 17.7 Å². The molecular weight excluding hydrogens is 515 g/mol. The number of aryl methyl sites for hydroxylation is 1. The number of pyridine rings is 2. The average molecular weight is 531 g/mol. The smallest absolute Gasteiger partial charge is 0.397 e. The molecule has 0 unspecified atom stereocenters. The number of rotatable bonds is 5. The first-order valence-electron chi connectivity index (χ1n) is 10.6. The number of fused-ring (bicyclic) bond motifs is 2. The molecule has 0 saturated carbocycles. The van der Waals surface area contributed by atoms with Crippen molar-refractivity contribution in [2.75, 3.05) is 11.5 Å². The quantitative estimate of drug-likeness (QED) is 0.320. The molecule has 5 rings (SSSR count). The Kier molecular flexibility index (Phi) is 5.97. The number of nitrogens with zero attached hydrogens (tertiary/aromatic N) is 4. The van der Waals surface area contributed by atoms with Gasteiger partial charge in [0.2, 0.25) is 5.75 Å². The van der Waals surface area contributed by atoms with Crippen LogP contribution < -0.4 is 11.3 Å². The molecule has 0 aliphatic carbocycles. The van der Waals surface area contributed by atoms with Crippen LogP contribution in [-0.2, 0) is 28.6 Å². The van der Waals surface area contributed by atoms with Crippen LogP contribution in [0.15, 0.2) is 65.6 Å². The first-order chi connectivity index (χ1) is 17.2. The number of halogens is 4. The first-order valence-corrected chi connectivity index (χ1v) is 11.9. The van der Waals surface area contributed by atoms with Gasteiger partial charge in [0.05, 0.1) is 28.7 Å². The van der Waals surface area contributed by atoms with Gasteiger partial charge in [-0.3, -0.25) is 14.0 Å². The molecule has 36 heavy (non-hydrogen) atoms. The second-order valence-electron chi connectivity index (χ2n) is 7.93. The van der Waals surface area contributed by atoms with E-state index in [0.717, 1.165) is 16.2 Å². The molecule has 0 amide bonds. The van der Waals surface area contributed by atoms with Crippen molar-refractivity contribution < 1.29 is 17.4 Å². The van der Waals surface area contributed by atoms with Crippen molar-refractivity contribution in [1.82, 2.24) is 19.3 Å². The number of nitrogens with two attached hydrogens (primary N) is 1. The van der Waals surface area contributed by atoms with Crippen molar-refractivity contribution in [3.63, 3.8) is 0 Å². The van der Waals surface area contributed by atoms with E-state index >= 15 is 0 Å². The van der Waals surface area contributed by atoms with Crippen LogP contribution >= 0.6 is 11.6 Å². The molecule has 12 heteroatoms. The third kappa shape index (κ3) is 4.10. The zero-order chi connectivity index (χ0) is 25.6. The monoisotopic (exact) mass is 530 g/mol. The topological polar surface area (TPSA) is 95.8 Å². The third-order valence-electron chi connectivity index (χ3n) is 5.76. The molecule has 7 nitrogen and oxygen atoms in total. The van der Waals surface area contributed by atoms with Crippen LogP contribution in [0, 0.1) is 0 Å². The highest BCUT2D eigenvalue weighted by Gasteiger charge is 2.33. The summed E-state index contributed by atoms with van der Waals surface area (Å²) in [6.45, 7) is 0.422. The van der Waals surface area contributed by atoms with Gasteiger partial charge in [-0.25, -0.2) is 4.98 Å². The van der Waals surface area contributed by atoms with E-state index in [4.69, 9.17) is 17.3 Å². The van der Waals surface area contributed by atoms with Crippen LogP contribution in [-0.4, -0.2) is 25.1 Å². The van der Waals surface area contributed by atoms with Crippen molar-refractivity contribution in [3.8, 4) is 16.8 Å². The Labute approximate surface area is 210 Å². The minimum atomic E-state index is -4.71. The van der Waals surface area contributed by atoms with E-state index in [-0.39, 0.29) is 28.0 Å². The minimum absolute atomic E-state index is 0.0101. The van der Waals surface area contributed by atoms with Crippen LogP contribution in [0.25, 0.3) is 38.8 Å². The Hall–Kier alpha value is -3.83. The van der Waals surface area contributed by atoms with Crippen LogP contribution in [0.1, 0.15) is 5.69 Å². The number of alkyl halides is 3. The van der Waals surface area contributed by atoms with E-state index < -0.39 is 17.4 Å². The Morgan fingerprint density at radius 3 is 2.50 bits per heavy atom. The molecule has 0 bridgehead atoms. The molecule has 0 aliphatic rings. The fraction of sp³-hybridized carbons (Fsp3) is 0.125. The van der Waals surface area contributed by atoms with Crippen LogP contribution in [0.4, 0.5) is 18.9 Å². The molecule has 2 N–H and O–H groups in total. The Morgan fingerprint density at radius 1 is 1.06 bits per heavy atom. The molecule has 3 heterocycles. The highest BCUT2D eigenvalue weighted by Crippen LogP contribution is 2.35. The Balaban J connectivity index is 1.80. The van der Waals surface area contributed by atoms with E-state index in [2.05, 4.69) is 10.1 Å². The molecular formula is C24H16ClF3N5O2S+. The SMILES string of the molecule is Nc1c(-c2ccc3c(cnn3CC[S+]=O)c2)c(=O)n(-c2ccc(Cl)cc2)c2nc(C(F)(F)F)ccc12. The van der Waals surface area contributed by atoms with Crippen molar-refractivity contribution in [2.45, 2.75) is 12.7 Å². The summed E-state index contributed by atoms with van der Waals surface area (Å²) in [5, 5.41) is 5.59. The molecule has 0 fully saturated rings. The van der Waals surface area contributed by atoms with Crippen molar-refractivity contribution in [1.29, 1.82) is 0 Å². The van der Waals surface area contributed by atoms with Gasteiger partial charge >= 0.3 is 17.8 Å². The fourth-order valence-corrected chi connectivity index (χ4v) is 4.47. The Bertz CT molecular complexity index is 1700. The number of hydrogen-bond acceptors (Lipinski definition) is 5. The lowest BCUT2D eigenvalue weighted by molar-refractivity contribution is -0.141. The molecule has 0 radical (unpaired) electrons. The summed E-state index contributed by atoms with van der Waals surface area (Å²) in [6.07, 6.45) is -3.10. The number of hydrogen-bond donors (Lipinski definition) is 1. The van der Waals surface area contributed by atoms with E-state index in [1.54, 1.807) is 29.1 Å². The number of anilines is 1. The third-order valence-corrected chi connectivity index (χ3v) is 6.36. The predicted octanol–water partition coefficient (Wildman–Crippen LogP) is 5.08. The predicted molar refractivity (Wildman–Crippen MR) is 133 cm³/mol. The summed E-state index contributed by atoms with van der Waals surface area (Å²) in [6, 6.07) is 13.3. The molecule has 0 aliphatic heterocycles. The van der Waals surface area contributed by atoms with Crippen molar-refractivity contribution in [3.05, 3.63) is 81.9 Å². The fourth-order valence-electron chi connectivity index (χ4n) is 4.10. The molecule has 0 saturated heterocycles. The van der Waals surface area contributed by atoms with Crippen LogP contribution in [0.3, 0.4) is 0 Å². The van der Waals surface area contributed by atoms with Crippen LogP contribution in [0.2, 0.25) is 5.02 Å². The maximum absolute atomic E-state index is 13.8. The van der Waals surface area contributed by atoms with Gasteiger partial charge in [0, 0.05) is 20.0 Å². The van der Waals surface area contributed by atoms with Crippen LogP contribution in [0.5, 0.6) is 0 Å². The summed E-state index contributed by atoms with van der Waals surface area (Å²) in [5.74, 6) is 0.342. The maximum Gasteiger partial charge on any atom is 0.460 e. The maximum atomic E-state index is 13.8. The average Bonchev–Trinajstić information content (AvgIpc) is 3.25. The number of nitrogen functional groups attached to an aromatic ring is 1. The molecule has 3 aromatic heterocycles. The van der Waals surface area contributed by atoms with Gasteiger partial charge in [-0.2, -0.15) is 18.3 Å². The van der Waals surface area contributed by atoms with Gasteiger partial charge in [-0.05, 0) is 54.1 Å². The summed E-state index contributed by atoms with van der Waals surface area (Å²) < 4.78 is 53.9. The second kappa shape index (κ2) is 8.99. The number of benzene rings is 2. The van der Waals surface area contributed by atoms with E-state index in [0.29, 0.717) is 39.9 Å². The van der Waals surface area contributed by atoms with E-state index in [1.165, 1.54) is 30.3 Å². The van der Waals surface area contributed by atoms with E-state index in [1.807, 2.05) is 0 Å². The normalized spacial score (nSPS) is 11.9. The van der Waals surface area contributed by atoms with Gasteiger partial charge in [0.25, 0.3) is 5.56 Å². The van der Waals surface area contributed by atoms with Crippen molar-refractivity contribution in [2.24, 2.45) is 0 Å². The zero-order valence-electron chi connectivity index (χ0n) is 18.3. The zero-order valence-corrected chi connectivity index (χ0v) is 19.9. The van der Waals surface area contributed by atoms with Gasteiger partial charge in [0.15, 0.2) is 0 Å². The highest BCUT2D eigenvalue weighted by molar-refractivity contribution is 7.65. The molecule has 2 aromatic carbocycles. The summed E-state index contributed by atoms with van der Waals surface area (Å²) in [4.78, 5) is 17.6. The van der Waals surface area contributed by atoms with Gasteiger partial charge in [-0.15, -0.1) is 0 Å². The van der Waals surface area contributed by atoms with Crippen molar-refractivity contribution >= 4 is 50.9 Å². The summed E-state index contributed by atoms with van der Waals surface area (Å²) >= 11 is 6.45. The molecule has 0 spiro atoms. The van der Waals surface area contributed by atoms with Gasteiger partial charge in [0.1, 0.15) is 17.9 Å². The molecule has 182 valence electrons. The van der Waals surface area contributed by atoms with Gasteiger partial charge < -0.3 is 5.73 Å². The minimum Gasteiger partial charge on any atom is -0.397 e. The summed E-state index contributed by atoms with van der Waals surface area (Å²) in [7, 11) is 0. The second-order valence-corrected chi connectivity index (χ2v) is 9.01. The lowest BCUT2D eigenvalue weighted by atomic mass is 10.0. The first kappa shape index (κ1) is 23.9. The molecule has 5 aromatic rings. The standard InChI is InChI=1S/C24H15ClF3N5O2S/c25-15-2-4-16(5-3-15)33-22-17(6-8-19(31-22)24(26,27)28)21(29)20(23(33)34)13-1-7-18-14(11-13)12-30-32(18)9-10-36-35/h1-8,11-12H,9-10H2,(H-,29,34)/p+1.